The first-order chi connectivity index (χ1) is 8.53. The van der Waals surface area contributed by atoms with Crippen LogP contribution >= 0.6 is 0 Å². The summed E-state index contributed by atoms with van der Waals surface area (Å²) in [4.78, 5) is 0. The summed E-state index contributed by atoms with van der Waals surface area (Å²) in [7, 11) is 2.46. The van der Waals surface area contributed by atoms with Gasteiger partial charge >= 0.3 is 8.80 Å². The van der Waals surface area contributed by atoms with Gasteiger partial charge in [-0.25, -0.2) is 0 Å². The zero-order valence-electron chi connectivity index (χ0n) is 12.5. The molecule has 0 fully saturated rings. The predicted octanol–water partition coefficient (Wildman–Crippen LogP) is 3.02. The van der Waals surface area contributed by atoms with Crippen molar-refractivity contribution in [3.63, 3.8) is 0 Å². The van der Waals surface area contributed by atoms with E-state index in [0.717, 1.165) is 30.9 Å². The van der Waals surface area contributed by atoms with E-state index in [-0.39, 0.29) is 6.10 Å². The maximum Gasteiger partial charge on any atom is 0.500 e. The molecule has 0 spiro atoms. The van der Waals surface area contributed by atoms with Gasteiger partial charge in [0, 0.05) is 27.4 Å². The van der Waals surface area contributed by atoms with Crippen LogP contribution in [0.3, 0.4) is 0 Å². The second kappa shape index (κ2) is 9.69. The minimum Gasteiger partial charge on any atom is -0.377 e. The van der Waals surface area contributed by atoms with Gasteiger partial charge in [-0.3, -0.25) is 0 Å². The molecule has 0 aliphatic heterocycles. The molecular formula is C13H28O4Si. The molecule has 0 saturated heterocycles. The zero-order chi connectivity index (χ0) is 14.0. The van der Waals surface area contributed by atoms with Crippen LogP contribution in [0, 0.1) is 0 Å². The normalized spacial score (nSPS) is 13.6. The van der Waals surface area contributed by atoms with E-state index in [0.29, 0.717) is 6.61 Å². The second-order valence-electron chi connectivity index (χ2n) is 4.51. The van der Waals surface area contributed by atoms with Gasteiger partial charge in [-0.1, -0.05) is 25.5 Å². The quantitative estimate of drug-likeness (QED) is 0.429. The highest BCUT2D eigenvalue weighted by Crippen LogP contribution is 2.20. The van der Waals surface area contributed by atoms with Crippen molar-refractivity contribution in [2.24, 2.45) is 0 Å². The molecule has 0 radical (unpaired) electrons. The van der Waals surface area contributed by atoms with Gasteiger partial charge in [0.1, 0.15) is 0 Å². The van der Waals surface area contributed by atoms with Crippen molar-refractivity contribution in [2.45, 2.75) is 45.3 Å². The van der Waals surface area contributed by atoms with Crippen LogP contribution in [-0.2, 0) is 18.0 Å². The standard InChI is InChI=1S/C13H28O4Si/c1-7-8-13(17-11-12(2)3)9-10-18(14-4,15-5)16-6/h13H,2,7-11H2,1,3-6H3. The van der Waals surface area contributed by atoms with Gasteiger partial charge in [0.05, 0.1) is 12.7 Å². The molecule has 0 aliphatic rings. The number of hydrogen-bond donors (Lipinski definition) is 0. The average Bonchev–Trinajstić information content (AvgIpc) is 2.37. The largest absolute Gasteiger partial charge is 0.500 e. The number of rotatable bonds is 11. The fraction of sp³-hybridized carbons (Fsp3) is 0.846. The summed E-state index contributed by atoms with van der Waals surface area (Å²) in [5.74, 6) is 0. The molecule has 0 aromatic heterocycles. The fourth-order valence-electron chi connectivity index (χ4n) is 1.79. The Morgan fingerprint density at radius 3 is 2.06 bits per heavy atom. The van der Waals surface area contributed by atoms with Gasteiger partial charge in [-0.15, -0.1) is 0 Å². The SMILES string of the molecule is C=C(C)COC(CCC)CC[Si](OC)(OC)OC. The summed E-state index contributed by atoms with van der Waals surface area (Å²) in [6.07, 6.45) is 3.25. The Morgan fingerprint density at radius 2 is 1.67 bits per heavy atom. The Kier molecular flexibility index (Phi) is 9.58. The van der Waals surface area contributed by atoms with Gasteiger partial charge in [0.25, 0.3) is 0 Å². The van der Waals surface area contributed by atoms with Gasteiger partial charge in [-0.05, 0) is 19.8 Å². The molecular weight excluding hydrogens is 248 g/mol. The van der Waals surface area contributed by atoms with E-state index in [4.69, 9.17) is 18.0 Å². The maximum atomic E-state index is 5.83. The minimum absolute atomic E-state index is 0.221. The van der Waals surface area contributed by atoms with Crippen LogP contribution in [0.4, 0.5) is 0 Å². The molecule has 108 valence electrons. The van der Waals surface area contributed by atoms with E-state index in [9.17, 15) is 0 Å². The van der Waals surface area contributed by atoms with Crippen molar-refractivity contribution in [3.8, 4) is 0 Å². The molecule has 1 unspecified atom stereocenters. The Hall–Kier alpha value is -0.203. The van der Waals surface area contributed by atoms with Gasteiger partial charge < -0.3 is 18.0 Å². The lowest BCUT2D eigenvalue weighted by molar-refractivity contribution is 0.0524. The van der Waals surface area contributed by atoms with Gasteiger partial charge in [-0.2, -0.15) is 0 Å². The van der Waals surface area contributed by atoms with Crippen molar-refractivity contribution in [3.05, 3.63) is 12.2 Å². The molecule has 0 saturated carbocycles. The molecule has 0 amide bonds. The summed E-state index contributed by atoms with van der Waals surface area (Å²) in [6, 6.07) is 0.775. The van der Waals surface area contributed by atoms with E-state index in [1.807, 2.05) is 6.92 Å². The molecule has 0 aromatic carbocycles. The molecule has 0 heterocycles. The highest BCUT2D eigenvalue weighted by Gasteiger charge is 2.38. The first-order valence-electron chi connectivity index (χ1n) is 6.45. The third kappa shape index (κ3) is 6.66. The molecule has 18 heavy (non-hydrogen) atoms. The van der Waals surface area contributed by atoms with Crippen LogP contribution < -0.4 is 0 Å². The highest BCUT2D eigenvalue weighted by atomic mass is 28.4. The highest BCUT2D eigenvalue weighted by molar-refractivity contribution is 6.60. The van der Waals surface area contributed by atoms with Gasteiger partial charge in [0.15, 0.2) is 0 Å². The Labute approximate surface area is 113 Å². The van der Waals surface area contributed by atoms with E-state index < -0.39 is 8.80 Å². The van der Waals surface area contributed by atoms with E-state index >= 15 is 0 Å². The van der Waals surface area contributed by atoms with Crippen molar-refractivity contribution in [2.75, 3.05) is 27.9 Å². The summed E-state index contributed by atoms with van der Waals surface area (Å²) >= 11 is 0. The Morgan fingerprint density at radius 1 is 1.11 bits per heavy atom. The van der Waals surface area contributed by atoms with Gasteiger partial charge in [0.2, 0.25) is 0 Å². The molecule has 1 atom stereocenters. The smallest absolute Gasteiger partial charge is 0.377 e. The molecule has 0 aliphatic carbocycles. The molecule has 0 bridgehead atoms. The summed E-state index contributed by atoms with van der Waals surface area (Å²) in [5.41, 5.74) is 1.05. The lowest BCUT2D eigenvalue weighted by atomic mass is 10.1. The van der Waals surface area contributed by atoms with E-state index in [1.165, 1.54) is 0 Å². The number of hydrogen-bond acceptors (Lipinski definition) is 4. The van der Waals surface area contributed by atoms with Crippen LogP contribution in [0.15, 0.2) is 12.2 Å². The predicted molar refractivity (Wildman–Crippen MR) is 75.7 cm³/mol. The maximum absolute atomic E-state index is 5.83. The monoisotopic (exact) mass is 276 g/mol. The Balaban J connectivity index is 4.26. The van der Waals surface area contributed by atoms with Crippen LogP contribution in [0.5, 0.6) is 0 Å². The molecule has 0 rings (SSSR count). The lowest BCUT2D eigenvalue weighted by Gasteiger charge is -2.26. The van der Waals surface area contributed by atoms with Crippen molar-refractivity contribution >= 4 is 8.80 Å². The fourth-order valence-corrected chi connectivity index (χ4v) is 3.57. The average molecular weight is 276 g/mol. The molecule has 5 heteroatoms. The van der Waals surface area contributed by atoms with Crippen molar-refractivity contribution < 1.29 is 18.0 Å². The molecule has 0 aromatic rings. The first-order valence-corrected chi connectivity index (χ1v) is 8.38. The van der Waals surface area contributed by atoms with Crippen LogP contribution in [0.2, 0.25) is 6.04 Å². The van der Waals surface area contributed by atoms with Crippen molar-refractivity contribution in [1.29, 1.82) is 0 Å². The van der Waals surface area contributed by atoms with Crippen molar-refractivity contribution in [1.82, 2.24) is 0 Å². The van der Waals surface area contributed by atoms with E-state index in [1.54, 1.807) is 21.3 Å². The zero-order valence-corrected chi connectivity index (χ0v) is 13.5. The third-order valence-electron chi connectivity index (χ3n) is 2.88. The lowest BCUT2D eigenvalue weighted by Crippen LogP contribution is -2.43. The molecule has 4 nitrogen and oxygen atoms in total. The van der Waals surface area contributed by atoms with Crippen LogP contribution in [0.1, 0.15) is 33.1 Å². The van der Waals surface area contributed by atoms with Crippen LogP contribution in [0.25, 0.3) is 0 Å². The van der Waals surface area contributed by atoms with Crippen LogP contribution in [-0.4, -0.2) is 42.8 Å². The Bertz CT molecular complexity index is 221. The summed E-state index contributed by atoms with van der Waals surface area (Å²) < 4.78 is 22.1. The topological polar surface area (TPSA) is 36.9 Å². The summed E-state index contributed by atoms with van der Waals surface area (Å²) in [6.45, 7) is 8.60. The second-order valence-corrected chi connectivity index (χ2v) is 7.60. The molecule has 0 N–H and O–H groups in total. The third-order valence-corrected chi connectivity index (χ3v) is 5.65. The number of ether oxygens (including phenoxy) is 1. The summed E-state index contributed by atoms with van der Waals surface area (Å²) in [5, 5.41) is 0. The van der Waals surface area contributed by atoms with E-state index in [2.05, 4.69) is 13.5 Å². The first kappa shape index (κ1) is 17.8. The minimum atomic E-state index is -2.47.